The third-order valence-corrected chi connectivity index (χ3v) is 11.0. The van der Waals surface area contributed by atoms with Gasteiger partial charge < -0.3 is 5.11 Å². The molecule has 0 unspecified atom stereocenters. The normalized spacial score (nSPS) is 21.1. The second-order valence-electron chi connectivity index (χ2n) is 7.13. The van der Waals surface area contributed by atoms with Gasteiger partial charge in [-0.2, -0.15) is 4.31 Å². The summed E-state index contributed by atoms with van der Waals surface area (Å²) in [6.45, 7) is -0.692. The molecule has 3 rings (SSSR count). The van der Waals surface area contributed by atoms with Crippen LogP contribution < -0.4 is 4.72 Å². The lowest BCUT2D eigenvalue weighted by Gasteiger charge is -2.29. The van der Waals surface area contributed by atoms with Crippen molar-refractivity contribution < 1.29 is 30.4 Å². The van der Waals surface area contributed by atoms with Gasteiger partial charge in [0.25, 0.3) is 0 Å². The van der Waals surface area contributed by atoms with Crippen LogP contribution in [0, 0.1) is 0 Å². The number of nitrogens with zero attached hydrogens (tertiary/aromatic N) is 1. The Labute approximate surface area is 204 Å². The maximum absolute atomic E-state index is 13.3. The first kappa shape index (κ1) is 25.7. The molecule has 1 heterocycles. The predicted molar refractivity (Wildman–Crippen MR) is 126 cm³/mol. The molecule has 2 aromatic rings. The van der Waals surface area contributed by atoms with E-state index in [-0.39, 0.29) is 22.9 Å². The SMILES string of the molecule is O=S1(=O)C[C@@H](O)[C@H](N(CCNS(=O)(=O)c2ccc(Br)cc2)S(=O)(=O)c2ccc(Br)cc2)C1. The monoisotopic (exact) mass is 630 g/mol. The smallest absolute Gasteiger partial charge is 0.243 e. The predicted octanol–water partition coefficient (Wildman–Crippen LogP) is 1.34. The summed E-state index contributed by atoms with van der Waals surface area (Å²) in [6, 6.07) is 10.4. The fourth-order valence-corrected chi connectivity index (χ4v) is 8.38. The Bertz CT molecular complexity index is 1280. The number of halogens is 2. The number of aliphatic hydroxyl groups is 1. The number of aliphatic hydroxyl groups excluding tert-OH is 1. The minimum absolute atomic E-state index is 0.00787. The summed E-state index contributed by atoms with van der Waals surface area (Å²) in [5.74, 6) is -1.11. The zero-order valence-electron chi connectivity index (χ0n) is 16.4. The van der Waals surface area contributed by atoms with Crippen LogP contribution in [0.3, 0.4) is 0 Å². The van der Waals surface area contributed by atoms with E-state index < -0.39 is 53.5 Å². The van der Waals surface area contributed by atoms with Gasteiger partial charge in [0.15, 0.2) is 9.84 Å². The molecular formula is C18H20Br2N2O7S3. The minimum atomic E-state index is -4.23. The lowest BCUT2D eigenvalue weighted by atomic mass is 10.2. The van der Waals surface area contributed by atoms with Gasteiger partial charge in [0.05, 0.1) is 33.4 Å². The Morgan fingerprint density at radius 1 is 0.906 bits per heavy atom. The molecule has 1 fully saturated rings. The molecule has 1 aliphatic rings. The van der Waals surface area contributed by atoms with Crippen molar-refractivity contribution in [1.29, 1.82) is 0 Å². The Morgan fingerprint density at radius 3 is 1.88 bits per heavy atom. The average Bonchev–Trinajstić information content (AvgIpc) is 2.97. The topological polar surface area (TPSA) is 138 Å². The Morgan fingerprint density at radius 2 is 1.41 bits per heavy atom. The first-order valence-electron chi connectivity index (χ1n) is 9.23. The molecule has 0 aromatic heterocycles. The molecule has 2 N–H and O–H groups in total. The average molecular weight is 632 g/mol. The molecule has 0 saturated carbocycles. The van der Waals surface area contributed by atoms with Crippen molar-refractivity contribution in [2.75, 3.05) is 24.6 Å². The Hall–Kier alpha value is -0.870. The van der Waals surface area contributed by atoms with Gasteiger partial charge in [-0.15, -0.1) is 0 Å². The summed E-state index contributed by atoms with van der Waals surface area (Å²) in [6.07, 6.45) is -1.42. The fourth-order valence-electron chi connectivity index (χ4n) is 3.28. The van der Waals surface area contributed by atoms with Crippen molar-refractivity contribution in [3.8, 4) is 0 Å². The van der Waals surface area contributed by atoms with Gasteiger partial charge >= 0.3 is 0 Å². The van der Waals surface area contributed by atoms with Gasteiger partial charge in [0.2, 0.25) is 20.0 Å². The second kappa shape index (κ2) is 9.78. The molecule has 1 saturated heterocycles. The lowest BCUT2D eigenvalue weighted by Crippen LogP contribution is -2.49. The van der Waals surface area contributed by atoms with Crippen LogP contribution in [0.2, 0.25) is 0 Å². The number of benzene rings is 2. The minimum Gasteiger partial charge on any atom is -0.390 e. The first-order valence-corrected chi connectivity index (χ1v) is 15.6. The molecule has 0 bridgehead atoms. The van der Waals surface area contributed by atoms with E-state index in [0.717, 1.165) is 4.31 Å². The number of hydrogen-bond acceptors (Lipinski definition) is 7. The van der Waals surface area contributed by atoms with E-state index in [1.165, 1.54) is 36.4 Å². The molecule has 2 atom stereocenters. The first-order chi connectivity index (χ1) is 14.8. The van der Waals surface area contributed by atoms with Crippen molar-refractivity contribution in [2.24, 2.45) is 0 Å². The molecule has 14 heteroatoms. The largest absolute Gasteiger partial charge is 0.390 e. The van der Waals surface area contributed by atoms with Gasteiger partial charge in [-0.25, -0.2) is 30.0 Å². The van der Waals surface area contributed by atoms with Crippen LogP contribution in [-0.4, -0.2) is 71.4 Å². The zero-order chi connectivity index (χ0) is 23.7. The van der Waals surface area contributed by atoms with Crippen LogP contribution >= 0.6 is 31.9 Å². The highest BCUT2D eigenvalue weighted by Crippen LogP contribution is 2.26. The van der Waals surface area contributed by atoms with Crippen molar-refractivity contribution >= 4 is 61.7 Å². The molecule has 2 aromatic carbocycles. The Balaban J connectivity index is 1.86. The number of rotatable bonds is 8. The molecule has 0 amide bonds. The van der Waals surface area contributed by atoms with Gasteiger partial charge in [-0.3, -0.25) is 0 Å². The van der Waals surface area contributed by atoms with E-state index in [4.69, 9.17) is 0 Å². The third-order valence-electron chi connectivity index (χ3n) is 4.83. The van der Waals surface area contributed by atoms with E-state index in [0.29, 0.717) is 8.95 Å². The number of sulfone groups is 1. The number of nitrogens with one attached hydrogen (secondary N) is 1. The van der Waals surface area contributed by atoms with Crippen LogP contribution in [-0.2, 0) is 29.9 Å². The van der Waals surface area contributed by atoms with Crippen LogP contribution in [0.4, 0.5) is 0 Å². The van der Waals surface area contributed by atoms with E-state index in [1.54, 1.807) is 12.1 Å². The maximum Gasteiger partial charge on any atom is 0.243 e. The van der Waals surface area contributed by atoms with Gasteiger partial charge in [0.1, 0.15) is 0 Å². The fraction of sp³-hybridized carbons (Fsp3) is 0.333. The van der Waals surface area contributed by atoms with E-state index in [1.807, 2.05) is 0 Å². The number of hydrogen-bond donors (Lipinski definition) is 2. The summed E-state index contributed by atoms with van der Waals surface area (Å²) < 4.78 is 80.1. The summed E-state index contributed by atoms with van der Waals surface area (Å²) in [7, 11) is -11.8. The summed E-state index contributed by atoms with van der Waals surface area (Å²) in [4.78, 5) is -0.112. The van der Waals surface area contributed by atoms with Crippen LogP contribution in [0.25, 0.3) is 0 Å². The zero-order valence-corrected chi connectivity index (χ0v) is 22.0. The van der Waals surface area contributed by atoms with E-state index in [2.05, 4.69) is 36.6 Å². The van der Waals surface area contributed by atoms with Gasteiger partial charge in [-0.05, 0) is 48.5 Å². The van der Waals surface area contributed by atoms with Crippen molar-refractivity contribution in [1.82, 2.24) is 9.03 Å². The highest BCUT2D eigenvalue weighted by Gasteiger charge is 2.44. The quantitative estimate of drug-likeness (QED) is 0.448. The van der Waals surface area contributed by atoms with Crippen LogP contribution in [0.15, 0.2) is 67.3 Å². The van der Waals surface area contributed by atoms with Gasteiger partial charge in [0, 0.05) is 22.0 Å². The summed E-state index contributed by atoms with van der Waals surface area (Å²) in [5.41, 5.74) is 0. The highest BCUT2D eigenvalue weighted by atomic mass is 79.9. The molecule has 0 aliphatic carbocycles. The van der Waals surface area contributed by atoms with Crippen LogP contribution in [0.5, 0.6) is 0 Å². The molecule has 0 radical (unpaired) electrons. The van der Waals surface area contributed by atoms with E-state index in [9.17, 15) is 30.4 Å². The summed E-state index contributed by atoms with van der Waals surface area (Å²) in [5, 5.41) is 10.3. The molecule has 1 aliphatic heterocycles. The number of sulfonamides is 2. The third kappa shape index (κ3) is 5.97. The van der Waals surface area contributed by atoms with Crippen molar-refractivity contribution in [3.05, 3.63) is 57.5 Å². The second-order valence-corrected chi connectivity index (χ2v) is 14.8. The molecular weight excluding hydrogens is 612 g/mol. The van der Waals surface area contributed by atoms with E-state index >= 15 is 0 Å². The van der Waals surface area contributed by atoms with Crippen molar-refractivity contribution in [2.45, 2.75) is 21.9 Å². The van der Waals surface area contributed by atoms with Gasteiger partial charge in [-0.1, -0.05) is 31.9 Å². The molecule has 176 valence electrons. The van der Waals surface area contributed by atoms with Crippen LogP contribution in [0.1, 0.15) is 0 Å². The Kier molecular flexibility index (Phi) is 7.87. The molecule has 32 heavy (non-hydrogen) atoms. The highest BCUT2D eigenvalue weighted by molar-refractivity contribution is 9.10. The van der Waals surface area contributed by atoms with Crippen molar-refractivity contribution in [3.63, 3.8) is 0 Å². The molecule has 9 nitrogen and oxygen atoms in total. The molecule has 0 spiro atoms. The summed E-state index contributed by atoms with van der Waals surface area (Å²) >= 11 is 6.44. The maximum atomic E-state index is 13.3. The standard InChI is InChI=1S/C18H20Br2N2O7S3/c19-13-1-5-15(6-2-13)31(26,27)21-9-10-22(17-11-30(24,25)12-18(17)23)32(28,29)16-7-3-14(20)4-8-16/h1-8,17-18,21,23H,9-12H2/t17-,18-/m1/s1. The lowest BCUT2D eigenvalue weighted by molar-refractivity contribution is 0.128.